The molecule has 0 spiro atoms. The summed E-state index contributed by atoms with van der Waals surface area (Å²) >= 11 is 0. The maximum absolute atomic E-state index is 13.2. The lowest BCUT2D eigenvalue weighted by Crippen LogP contribution is -2.38. The number of ether oxygens (including phenoxy) is 1. The van der Waals surface area contributed by atoms with Gasteiger partial charge in [0.25, 0.3) is 11.6 Å². The number of carbonyl (C=O) groups excluding carboxylic acids is 1. The monoisotopic (exact) mass is 447 g/mol. The summed E-state index contributed by atoms with van der Waals surface area (Å²) in [6, 6.07) is 11.6. The molecule has 9 nitrogen and oxygen atoms in total. The number of nitro benzene ring substituents is 1. The molecule has 166 valence electrons. The summed E-state index contributed by atoms with van der Waals surface area (Å²) in [4.78, 5) is 22.6. The molecule has 0 aliphatic heterocycles. The molecule has 1 amide bonds. The lowest BCUT2D eigenvalue weighted by atomic mass is 9.96. The largest absolute Gasteiger partial charge is 0.484 e. The summed E-state index contributed by atoms with van der Waals surface area (Å²) in [5.74, 6) is -0.250. The Morgan fingerprint density at radius 3 is 2.42 bits per heavy atom. The summed E-state index contributed by atoms with van der Waals surface area (Å²) in [7, 11) is -2.20. The maximum Gasteiger partial charge on any atom is 0.269 e. The minimum absolute atomic E-state index is 0.0340. The van der Waals surface area contributed by atoms with E-state index in [1.165, 1.54) is 40.7 Å². The Balaban J connectivity index is 1.68. The Hall–Kier alpha value is -2.98. The first-order valence-corrected chi connectivity index (χ1v) is 11.5. The van der Waals surface area contributed by atoms with E-state index in [2.05, 4.69) is 5.32 Å². The number of carbonyl (C=O) groups is 1. The van der Waals surface area contributed by atoms with Crippen molar-refractivity contribution in [3.8, 4) is 5.75 Å². The van der Waals surface area contributed by atoms with Crippen molar-refractivity contribution >= 4 is 27.3 Å². The molecule has 1 N–H and O–H groups in total. The first-order valence-electron chi connectivity index (χ1n) is 10.0. The standard InChI is InChI=1S/C21H25N3O6S/c1-23(16-7-3-2-4-8-16)31(28,29)20-10-6-5-9-19(20)22-21(25)15-30-18-13-11-17(12-14-18)24(26)27/h5-6,9-14,16H,2-4,7-8,15H2,1H3,(H,22,25). The third kappa shape index (κ3) is 5.59. The van der Waals surface area contributed by atoms with Crippen molar-refractivity contribution in [3.63, 3.8) is 0 Å². The first kappa shape index (κ1) is 22.7. The number of sulfonamides is 1. The van der Waals surface area contributed by atoms with Crippen molar-refractivity contribution < 1.29 is 22.9 Å². The SMILES string of the molecule is CN(C1CCCCC1)S(=O)(=O)c1ccccc1NC(=O)COc1ccc([N+](=O)[O-])cc1. The Morgan fingerprint density at radius 1 is 1.13 bits per heavy atom. The van der Waals surface area contributed by atoms with Crippen molar-refractivity contribution in [2.45, 2.75) is 43.0 Å². The fourth-order valence-corrected chi connectivity index (χ4v) is 5.15. The zero-order valence-electron chi connectivity index (χ0n) is 17.2. The Kier molecular flexibility index (Phi) is 7.24. The molecule has 1 fully saturated rings. The van der Waals surface area contributed by atoms with E-state index in [0.717, 1.165) is 32.1 Å². The van der Waals surface area contributed by atoms with Crippen LogP contribution in [0.25, 0.3) is 0 Å². The number of rotatable bonds is 8. The molecular formula is C21H25N3O6S. The van der Waals surface area contributed by atoms with Crippen LogP contribution in [-0.2, 0) is 14.8 Å². The van der Waals surface area contributed by atoms with Gasteiger partial charge in [-0.25, -0.2) is 8.42 Å². The molecule has 0 unspecified atom stereocenters. The van der Waals surface area contributed by atoms with Crippen LogP contribution in [0.15, 0.2) is 53.4 Å². The highest BCUT2D eigenvalue weighted by Gasteiger charge is 2.31. The van der Waals surface area contributed by atoms with Gasteiger partial charge >= 0.3 is 0 Å². The van der Waals surface area contributed by atoms with Crippen molar-refractivity contribution in [1.29, 1.82) is 0 Å². The number of nitrogens with one attached hydrogen (secondary N) is 1. The van der Waals surface area contributed by atoms with E-state index in [1.807, 2.05) is 0 Å². The van der Waals surface area contributed by atoms with Crippen LogP contribution >= 0.6 is 0 Å². The number of benzene rings is 2. The zero-order chi connectivity index (χ0) is 22.4. The van der Waals surface area contributed by atoms with Crippen LogP contribution < -0.4 is 10.1 Å². The molecule has 2 aromatic rings. The number of anilines is 1. The molecule has 1 aliphatic carbocycles. The third-order valence-corrected chi connectivity index (χ3v) is 7.29. The molecule has 2 aromatic carbocycles. The number of non-ortho nitro benzene ring substituents is 1. The van der Waals surface area contributed by atoms with E-state index in [4.69, 9.17) is 4.74 Å². The van der Waals surface area contributed by atoms with Gasteiger partial charge in [0.15, 0.2) is 6.61 Å². The van der Waals surface area contributed by atoms with E-state index in [-0.39, 0.29) is 28.9 Å². The molecule has 0 radical (unpaired) electrons. The number of para-hydroxylation sites is 1. The van der Waals surface area contributed by atoms with E-state index in [9.17, 15) is 23.3 Å². The Labute approximate surface area is 181 Å². The minimum Gasteiger partial charge on any atom is -0.484 e. The molecule has 3 rings (SSSR count). The number of hydrogen-bond acceptors (Lipinski definition) is 6. The van der Waals surface area contributed by atoms with Gasteiger partial charge < -0.3 is 10.1 Å². The van der Waals surface area contributed by atoms with Gasteiger partial charge in [0.2, 0.25) is 10.0 Å². The van der Waals surface area contributed by atoms with Crippen LogP contribution in [0.2, 0.25) is 0 Å². The van der Waals surface area contributed by atoms with Crippen LogP contribution in [0, 0.1) is 10.1 Å². The van der Waals surface area contributed by atoms with Gasteiger partial charge in [-0.15, -0.1) is 0 Å². The third-order valence-electron chi connectivity index (χ3n) is 5.32. The first-order chi connectivity index (χ1) is 14.8. The Bertz CT molecular complexity index is 1030. The highest BCUT2D eigenvalue weighted by atomic mass is 32.2. The molecule has 0 heterocycles. The fraction of sp³-hybridized carbons (Fsp3) is 0.381. The van der Waals surface area contributed by atoms with Crippen LogP contribution in [0.1, 0.15) is 32.1 Å². The van der Waals surface area contributed by atoms with Crippen LogP contribution in [-0.4, -0.2) is 43.2 Å². The van der Waals surface area contributed by atoms with E-state index < -0.39 is 20.9 Å². The minimum atomic E-state index is -3.78. The van der Waals surface area contributed by atoms with Crippen molar-refractivity contribution in [1.82, 2.24) is 4.31 Å². The van der Waals surface area contributed by atoms with E-state index in [0.29, 0.717) is 5.75 Å². The predicted octanol–water partition coefficient (Wildman–Crippen LogP) is 3.57. The molecule has 1 aliphatic rings. The molecule has 0 saturated heterocycles. The smallest absolute Gasteiger partial charge is 0.269 e. The van der Waals surface area contributed by atoms with E-state index in [1.54, 1.807) is 19.2 Å². The summed E-state index contributed by atoms with van der Waals surface area (Å²) in [6.45, 7) is -0.370. The van der Waals surface area contributed by atoms with Gasteiger partial charge in [-0.1, -0.05) is 31.4 Å². The van der Waals surface area contributed by atoms with Gasteiger partial charge in [-0.05, 0) is 37.1 Å². The molecule has 10 heteroatoms. The molecular weight excluding hydrogens is 422 g/mol. The topological polar surface area (TPSA) is 119 Å². The zero-order valence-corrected chi connectivity index (χ0v) is 18.0. The van der Waals surface area contributed by atoms with Gasteiger partial charge in [0.1, 0.15) is 10.6 Å². The normalized spacial score (nSPS) is 14.9. The maximum atomic E-state index is 13.2. The van der Waals surface area contributed by atoms with Gasteiger partial charge in [-0.2, -0.15) is 4.31 Å². The molecule has 31 heavy (non-hydrogen) atoms. The number of nitrogens with zero attached hydrogens (tertiary/aromatic N) is 2. The van der Waals surface area contributed by atoms with E-state index >= 15 is 0 Å². The van der Waals surface area contributed by atoms with Gasteiger partial charge in [0, 0.05) is 25.2 Å². The lowest BCUT2D eigenvalue weighted by molar-refractivity contribution is -0.384. The summed E-state index contributed by atoms with van der Waals surface area (Å²) < 4.78 is 33.1. The summed E-state index contributed by atoms with van der Waals surface area (Å²) in [6.07, 6.45) is 4.78. The average Bonchev–Trinajstić information content (AvgIpc) is 2.78. The molecule has 0 atom stereocenters. The van der Waals surface area contributed by atoms with Crippen LogP contribution in [0.4, 0.5) is 11.4 Å². The van der Waals surface area contributed by atoms with Crippen LogP contribution in [0.3, 0.4) is 0 Å². The summed E-state index contributed by atoms with van der Waals surface area (Å²) in [5, 5.41) is 13.3. The average molecular weight is 448 g/mol. The van der Waals surface area contributed by atoms with Crippen LogP contribution in [0.5, 0.6) is 5.75 Å². The highest BCUT2D eigenvalue weighted by Crippen LogP contribution is 2.29. The number of amides is 1. The lowest BCUT2D eigenvalue weighted by Gasteiger charge is -2.30. The van der Waals surface area contributed by atoms with Crippen molar-refractivity contribution in [2.24, 2.45) is 0 Å². The molecule has 0 bridgehead atoms. The second-order valence-corrected chi connectivity index (χ2v) is 9.36. The highest BCUT2D eigenvalue weighted by molar-refractivity contribution is 7.89. The molecule has 0 aromatic heterocycles. The fourth-order valence-electron chi connectivity index (χ4n) is 3.59. The predicted molar refractivity (Wildman–Crippen MR) is 115 cm³/mol. The number of hydrogen-bond donors (Lipinski definition) is 1. The van der Waals surface area contributed by atoms with Gasteiger partial charge in [-0.3, -0.25) is 14.9 Å². The second kappa shape index (κ2) is 9.88. The Morgan fingerprint density at radius 2 is 1.77 bits per heavy atom. The quantitative estimate of drug-likeness (QED) is 0.488. The van der Waals surface area contributed by atoms with Crippen molar-refractivity contribution in [2.75, 3.05) is 19.0 Å². The molecule has 1 saturated carbocycles. The number of nitro groups is 1. The van der Waals surface area contributed by atoms with Gasteiger partial charge in [0.05, 0.1) is 10.6 Å². The van der Waals surface area contributed by atoms with Crippen molar-refractivity contribution in [3.05, 3.63) is 58.6 Å². The second-order valence-electron chi connectivity index (χ2n) is 7.40. The summed E-state index contributed by atoms with van der Waals surface area (Å²) in [5.41, 5.74) is 0.0977.